The molecule has 0 aliphatic carbocycles. The molecule has 1 rings (SSSR count). The molecule has 0 atom stereocenters. The van der Waals surface area contributed by atoms with Crippen LogP contribution in [0.2, 0.25) is 0 Å². The third-order valence-electron chi connectivity index (χ3n) is 1.33. The van der Waals surface area contributed by atoms with Crippen LogP contribution in [0.4, 0.5) is 13.2 Å². The van der Waals surface area contributed by atoms with Gasteiger partial charge in [0.05, 0.1) is 0 Å². The van der Waals surface area contributed by atoms with Gasteiger partial charge in [-0.1, -0.05) is 26.0 Å². The average Bonchev–Trinajstić information content (AvgIpc) is 2.21. The molecule has 0 amide bonds. The number of carbonyl (C=O) groups excluding carboxylic acids is 1. The van der Waals surface area contributed by atoms with Crippen molar-refractivity contribution < 1.29 is 27.4 Å². The molecule has 0 fully saturated rings. The topological polar surface area (TPSA) is 35.5 Å². The van der Waals surface area contributed by atoms with Gasteiger partial charge in [0.2, 0.25) is 0 Å². The SMILES string of the molecule is CC.CC(=O)Oc1ccccc1OC(F)(F)F. The quantitative estimate of drug-likeness (QED) is 0.595. The second-order valence-electron chi connectivity index (χ2n) is 2.59. The minimum Gasteiger partial charge on any atom is -0.423 e. The van der Waals surface area contributed by atoms with Crippen molar-refractivity contribution in [3.8, 4) is 11.5 Å². The summed E-state index contributed by atoms with van der Waals surface area (Å²) in [5.74, 6) is -1.52. The Morgan fingerprint density at radius 2 is 1.59 bits per heavy atom. The van der Waals surface area contributed by atoms with Gasteiger partial charge in [0, 0.05) is 6.92 Å². The molecule has 0 bridgehead atoms. The van der Waals surface area contributed by atoms with Crippen LogP contribution in [-0.4, -0.2) is 12.3 Å². The van der Waals surface area contributed by atoms with E-state index in [9.17, 15) is 18.0 Å². The standard InChI is InChI=1S/C9H7F3O3.C2H6/c1-6(13)14-7-4-2-3-5-8(7)15-9(10,11)12;1-2/h2-5H,1H3;1-2H3. The number of hydrogen-bond acceptors (Lipinski definition) is 3. The van der Waals surface area contributed by atoms with E-state index in [0.29, 0.717) is 0 Å². The highest BCUT2D eigenvalue weighted by atomic mass is 19.4. The fraction of sp³-hybridized carbons (Fsp3) is 0.364. The molecular weight excluding hydrogens is 237 g/mol. The van der Waals surface area contributed by atoms with Gasteiger partial charge in [0.15, 0.2) is 11.5 Å². The van der Waals surface area contributed by atoms with Crippen LogP contribution < -0.4 is 9.47 Å². The maximum Gasteiger partial charge on any atom is 0.573 e. The van der Waals surface area contributed by atoms with Crippen LogP contribution in [0, 0.1) is 0 Å². The average molecular weight is 250 g/mol. The highest BCUT2D eigenvalue weighted by Gasteiger charge is 2.32. The Bertz CT molecular complexity index is 361. The molecule has 6 heteroatoms. The summed E-state index contributed by atoms with van der Waals surface area (Å²) in [5.41, 5.74) is 0. The second-order valence-corrected chi connectivity index (χ2v) is 2.59. The summed E-state index contributed by atoms with van der Waals surface area (Å²) in [7, 11) is 0. The summed E-state index contributed by atoms with van der Waals surface area (Å²) in [6.45, 7) is 5.09. The van der Waals surface area contributed by atoms with Crippen molar-refractivity contribution >= 4 is 5.97 Å². The molecule has 0 radical (unpaired) electrons. The molecule has 17 heavy (non-hydrogen) atoms. The van der Waals surface area contributed by atoms with Gasteiger partial charge in [-0.15, -0.1) is 13.2 Å². The Morgan fingerprint density at radius 1 is 1.12 bits per heavy atom. The van der Waals surface area contributed by atoms with Gasteiger partial charge in [-0.3, -0.25) is 4.79 Å². The number of rotatable bonds is 2. The summed E-state index contributed by atoms with van der Waals surface area (Å²) in [6.07, 6.45) is -4.81. The first-order chi connectivity index (χ1) is 7.88. The molecule has 0 N–H and O–H groups in total. The smallest absolute Gasteiger partial charge is 0.423 e. The van der Waals surface area contributed by atoms with Crippen LogP contribution in [0.25, 0.3) is 0 Å². The van der Waals surface area contributed by atoms with Crippen LogP contribution in [0.15, 0.2) is 24.3 Å². The van der Waals surface area contributed by atoms with Gasteiger partial charge in [-0.2, -0.15) is 0 Å². The van der Waals surface area contributed by atoms with Crippen LogP contribution in [0.5, 0.6) is 11.5 Å². The van der Waals surface area contributed by atoms with Crippen LogP contribution in [-0.2, 0) is 4.79 Å². The Balaban J connectivity index is 0.00000121. The fourth-order valence-electron chi connectivity index (χ4n) is 0.898. The number of halogens is 3. The molecule has 1 aromatic rings. The fourth-order valence-corrected chi connectivity index (χ4v) is 0.898. The normalized spacial score (nSPS) is 10.0. The van der Waals surface area contributed by atoms with Crippen molar-refractivity contribution in [1.82, 2.24) is 0 Å². The first kappa shape index (κ1) is 15.3. The van der Waals surface area contributed by atoms with Gasteiger partial charge in [-0.25, -0.2) is 0 Å². The molecule has 0 saturated heterocycles. The lowest BCUT2D eigenvalue weighted by Gasteiger charge is -2.11. The molecular formula is C11H13F3O3. The summed E-state index contributed by atoms with van der Waals surface area (Å²) in [6, 6.07) is 5.05. The highest BCUT2D eigenvalue weighted by molar-refractivity contribution is 5.70. The molecule has 0 aliphatic rings. The van der Waals surface area contributed by atoms with Crippen molar-refractivity contribution in [3.05, 3.63) is 24.3 Å². The number of benzene rings is 1. The van der Waals surface area contributed by atoms with Crippen molar-refractivity contribution in [2.75, 3.05) is 0 Å². The van der Waals surface area contributed by atoms with Crippen molar-refractivity contribution in [2.24, 2.45) is 0 Å². The van der Waals surface area contributed by atoms with E-state index in [1.807, 2.05) is 13.8 Å². The van der Waals surface area contributed by atoms with Gasteiger partial charge in [0.1, 0.15) is 0 Å². The van der Waals surface area contributed by atoms with E-state index in [-0.39, 0.29) is 5.75 Å². The molecule has 0 aromatic heterocycles. The number of para-hydroxylation sites is 2. The maximum absolute atomic E-state index is 11.9. The molecule has 0 spiro atoms. The van der Waals surface area contributed by atoms with Gasteiger partial charge in [-0.05, 0) is 12.1 Å². The molecule has 3 nitrogen and oxygen atoms in total. The van der Waals surface area contributed by atoms with Crippen molar-refractivity contribution in [3.63, 3.8) is 0 Å². The largest absolute Gasteiger partial charge is 0.573 e. The number of alkyl halides is 3. The summed E-state index contributed by atoms with van der Waals surface area (Å²) in [5, 5.41) is 0. The molecule has 0 aliphatic heterocycles. The zero-order chi connectivity index (χ0) is 13.5. The second kappa shape index (κ2) is 6.78. The van der Waals surface area contributed by atoms with Crippen molar-refractivity contribution in [1.29, 1.82) is 0 Å². The Morgan fingerprint density at radius 3 is 2.00 bits per heavy atom. The summed E-state index contributed by atoms with van der Waals surface area (Å²) < 4.78 is 43.9. The third-order valence-corrected chi connectivity index (χ3v) is 1.33. The number of carbonyl (C=O) groups is 1. The lowest BCUT2D eigenvalue weighted by Crippen LogP contribution is -2.18. The van der Waals surface area contributed by atoms with Crippen molar-refractivity contribution in [2.45, 2.75) is 27.1 Å². The first-order valence-electron chi connectivity index (χ1n) is 4.91. The molecule has 0 saturated carbocycles. The van der Waals surface area contributed by atoms with Gasteiger partial charge < -0.3 is 9.47 Å². The predicted molar refractivity (Wildman–Crippen MR) is 55.8 cm³/mol. The minimum absolute atomic E-state index is 0.262. The number of esters is 1. The zero-order valence-corrected chi connectivity index (χ0v) is 9.67. The lowest BCUT2D eigenvalue weighted by molar-refractivity contribution is -0.275. The van der Waals surface area contributed by atoms with Gasteiger partial charge >= 0.3 is 12.3 Å². The van der Waals surface area contributed by atoms with E-state index in [2.05, 4.69) is 9.47 Å². The van der Waals surface area contributed by atoms with E-state index >= 15 is 0 Å². The maximum atomic E-state index is 11.9. The highest BCUT2D eigenvalue weighted by Crippen LogP contribution is 2.31. The Labute approximate surface area is 97.1 Å². The van der Waals surface area contributed by atoms with Crippen LogP contribution in [0.1, 0.15) is 20.8 Å². The predicted octanol–water partition coefficient (Wildman–Crippen LogP) is 3.54. The molecule has 96 valence electrons. The van der Waals surface area contributed by atoms with Gasteiger partial charge in [0.25, 0.3) is 0 Å². The van der Waals surface area contributed by atoms with E-state index in [1.165, 1.54) is 18.2 Å². The summed E-state index contributed by atoms with van der Waals surface area (Å²) in [4.78, 5) is 10.6. The monoisotopic (exact) mass is 250 g/mol. The third kappa shape index (κ3) is 6.44. The zero-order valence-electron chi connectivity index (χ0n) is 9.67. The van der Waals surface area contributed by atoms with E-state index in [1.54, 1.807) is 0 Å². The van der Waals surface area contributed by atoms with E-state index in [4.69, 9.17) is 0 Å². The lowest BCUT2D eigenvalue weighted by atomic mass is 10.3. The Hall–Kier alpha value is -1.72. The van der Waals surface area contributed by atoms with E-state index < -0.39 is 18.1 Å². The van der Waals surface area contributed by atoms with Crippen LogP contribution in [0.3, 0.4) is 0 Å². The molecule has 0 heterocycles. The number of ether oxygens (including phenoxy) is 2. The minimum atomic E-state index is -4.81. The van der Waals surface area contributed by atoms with E-state index in [0.717, 1.165) is 13.0 Å². The first-order valence-corrected chi connectivity index (χ1v) is 4.91. The molecule has 0 unspecified atom stereocenters. The van der Waals surface area contributed by atoms with Crippen LogP contribution >= 0.6 is 0 Å². The Kier molecular flexibility index (Phi) is 6.09. The number of hydrogen-bond donors (Lipinski definition) is 0. The summed E-state index contributed by atoms with van der Waals surface area (Å²) >= 11 is 0. The molecule has 1 aromatic carbocycles.